The first-order valence-corrected chi connectivity index (χ1v) is 7.74. The lowest BCUT2D eigenvalue weighted by Crippen LogP contribution is -2.25. The smallest absolute Gasteiger partial charge is 0.227 e. The van der Waals surface area contributed by atoms with Crippen LogP contribution in [0, 0.1) is 17.6 Å². The molecule has 0 bridgehead atoms. The quantitative estimate of drug-likeness (QED) is 0.772. The second kappa shape index (κ2) is 6.22. The maximum Gasteiger partial charge on any atom is 0.227 e. The van der Waals surface area contributed by atoms with Gasteiger partial charge in [-0.2, -0.15) is 0 Å². The van der Waals surface area contributed by atoms with Gasteiger partial charge in [0, 0.05) is 31.7 Å². The number of benzene rings is 1. The summed E-state index contributed by atoms with van der Waals surface area (Å²) in [4.78, 5) is 24.3. The normalized spacial score (nSPS) is 18.7. The molecule has 1 aliphatic rings. The number of anilines is 1. The predicted molar refractivity (Wildman–Crippen MR) is 77.7 cm³/mol. The fraction of sp³-hybridized carbons (Fsp3) is 0.385. The van der Waals surface area contributed by atoms with Crippen molar-refractivity contribution in [3.8, 4) is 0 Å². The van der Waals surface area contributed by atoms with Gasteiger partial charge in [0.15, 0.2) is 5.12 Å². The second-order valence-electron chi connectivity index (χ2n) is 4.60. The highest BCUT2D eigenvalue weighted by Crippen LogP contribution is 2.34. The van der Waals surface area contributed by atoms with Crippen LogP contribution >= 0.6 is 27.7 Å². The van der Waals surface area contributed by atoms with Gasteiger partial charge in [-0.3, -0.25) is 9.59 Å². The molecule has 0 aromatic heterocycles. The van der Waals surface area contributed by atoms with Gasteiger partial charge in [0.05, 0.1) is 10.2 Å². The molecule has 108 valence electrons. The predicted octanol–water partition coefficient (Wildman–Crippen LogP) is 3.36. The highest BCUT2D eigenvalue weighted by atomic mass is 79.9. The maximum atomic E-state index is 13.5. The van der Waals surface area contributed by atoms with E-state index in [4.69, 9.17) is 0 Å². The Morgan fingerprint density at radius 2 is 2.20 bits per heavy atom. The molecule has 0 aliphatic carbocycles. The maximum absolute atomic E-state index is 13.5. The van der Waals surface area contributed by atoms with E-state index in [1.807, 2.05) is 0 Å². The summed E-state index contributed by atoms with van der Waals surface area (Å²) in [7, 11) is 0. The minimum Gasteiger partial charge on any atom is -0.311 e. The van der Waals surface area contributed by atoms with E-state index in [2.05, 4.69) is 15.9 Å². The van der Waals surface area contributed by atoms with Crippen LogP contribution in [0.4, 0.5) is 14.5 Å². The monoisotopic (exact) mass is 363 g/mol. The van der Waals surface area contributed by atoms with Crippen molar-refractivity contribution < 1.29 is 18.4 Å². The molecule has 1 fully saturated rings. The standard InChI is InChI=1S/C13H12BrF2NO2S/c1-7(18)20-6-8-2-12(19)17(5-8)11-4-9(15)3-10(16)13(11)14/h3-4,8H,2,5-6H2,1H3. The van der Waals surface area contributed by atoms with Crippen molar-refractivity contribution in [2.45, 2.75) is 13.3 Å². The van der Waals surface area contributed by atoms with Crippen molar-refractivity contribution >= 4 is 44.4 Å². The third kappa shape index (κ3) is 3.38. The Morgan fingerprint density at radius 1 is 1.50 bits per heavy atom. The van der Waals surface area contributed by atoms with Crippen molar-refractivity contribution in [1.82, 2.24) is 0 Å². The van der Waals surface area contributed by atoms with Crippen LogP contribution in [0.2, 0.25) is 0 Å². The average molecular weight is 364 g/mol. The molecule has 20 heavy (non-hydrogen) atoms. The molecular formula is C13H12BrF2NO2S. The first-order chi connectivity index (χ1) is 9.38. The molecule has 1 aromatic carbocycles. The van der Waals surface area contributed by atoms with Crippen LogP contribution in [0.1, 0.15) is 13.3 Å². The van der Waals surface area contributed by atoms with Gasteiger partial charge >= 0.3 is 0 Å². The molecule has 1 aromatic rings. The van der Waals surface area contributed by atoms with E-state index in [1.165, 1.54) is 11.8 Å². The molecule has 1 amide bonds. The van der Waals surface area contributed by atoms with Crippen LogP contribution in [0.25, 0.3) is 0 Å². The van der Waals surface area contributed by atoms with Crippen molar-refractivity contribution in [3.05, 3.63) is 28.2 Å². The van der Waals surface area contributed by atoms with Gasteiger partial charge in [-0.1, -0.05) is 11.8 Å². The van der Waals surface area contributed by atoms with Gasteiger partial charge in [0.2, 0.25) is 5.91 Å². The highest BCUT2D eigenvalue weighted by molar-refractivity contribution is 9.10. The van der Waals surface area contributed by atoms with E-state index in [0.29, 0.717) is 12.3 Å². The largest absolute Gasteiger partial charge is 0.311 e. The fourth-order valence-corrected chi connectivity index (χ4v) is 3.24. The number of carbonyl (C=O) groups excluding carboxylic acids is 2. The molecule has 0 spiro atoms. The molecule has 1 heterocycles. The van der Waals surface area contributed by atoms with Gasteiger partial charge < -0.3 is 4.90 Å². The zero-order valence-electron chi connectivity index (χ0n) is 10.7. The Bertz CT molecular complexity index is 568. The molecule has 1 atom stereocenters. The van der Waals surface area contributed by atoms with Crippen LogP contribution in [0.15, 0.2) is 16.6 Å². The van der Waals surface area contributed by atoms with Crippen LogP contribution in [0.3, 0.4) is 0 Å². The molecule has 1 aliphatic heterocycles. The Morgan fingerprint density at radius 3 is 2.85 bits per heavy atom. The van der Waals surface area contributed by atoms with Gasteiger partial charge in [-0.05, 0) is 27.9 Å². The van der Waals surface area contributed by atoms with Gasteiger partial charge in [-0.15, -0.1) is 0 Å². The summed E-state index contributed by atoms with van der Waals surface area (Å²) in [5.41, 5.74) is 0.197. The number of thioether (sulfide) groups is 1. The lowest BCUT2D eigenvalue weighted by Gasteiger charge is -2.18. The molecule has 0 saturated carbocycles. The van der Waals surface area contributed by atoms with Crippen molar-refractivity contribution in [2.75, 3.05) is 17.2 Å². The Balaban J connectivity index is 2.18. The number of amides is 1. The summed E-state index contributed by atoms with van der Waals surface area (Å²) >= 11 is 4.20. The van der Waals surface area contributed by atoms with E-state index in [0.717, 1.165) is 23.9 Å². The van der Waals surface area contributed by atoms with Crippen molar-refractivity contribution in [1.29, 1.82) is 0 Å². The van der Waals surface area contributed by atoms with Crippen molar-refractivity contribution in [3.63, 3.8) is 0 Å². The molecule has 2 rings (SSSR count). The zero-order valence-corrected chi connectivity index (χ0v) is 13.1. The third-order valence-electron chi connectivity index (χ3n) is 2.99. The third-order valence-corrected chi connectivity index (χ3v) is 4.82. The molecule has 3 nitrogen and oxygen atoms in total. The Kier molecular flexibility index (Phi) is 4.80. The number of hydrogen-bond acceptors (Lipinski definition) is 3. The van der Waals surface area contributed by atoms with Crippen molar-refractivity contribution in [2.24, 2.45) is 5.92 Å². The number of hydrogen-bond donors (Lipinski definition) is 0. The Labute approximate surface area is 127 Å². The van der Waals surface area contributed by atoms with E-state index in [9.17, 15) is 18.4 Å². The Hall–Kier alpha value is -0.950. The van der Waals surface area contributed by atoms with E-state index >= 15 is 0 Å². The summed E-state index contributed by atoms with van der Waals surface area (Å²) in [6.45, 7) is 1.83. The SMILES string of the molecule is CC(=O)SCC1CC(=O)N(c2cc(F)cc(F)c2Br)C1. The minimum absolute atomic E-state index is 0.00567. The van der Waals surface area contributed by atoms with Crippen LogP contribution in [-0.2, 0) is 9.59 Å². The van der Waals surface area contributed by atoms with Crippen LogP contribution < -0.4 is 4.90 Å². The van der Waals surface area contributed by atoms with E-state index in [1.54, 1.807) is 0 Å². The topological polar surface area (TPSA) is 37.4 Å². The molecular weight excluding hydrogens is 352 g/mol. The first-order valence-electron chi connectivity index (χ1n) is 5.96. The zero-order chi connectivity index (χ0) is 14.9. The van der Waals surface area contributed by atoms with E-state index < -0.39 is 11.6 Å². The van der Waals surface area contributed by atoms with E-state index in [-0.39, 0.29) is 33.5 Å². The molecule has 1 unspecified atom stereocenters. The number of carbonyl (C=O) groups is 2. The fourth-order valence-electron chi connectivity index (χ4n) is 2.10. The minimum atomic E-state index is -0.741. The number of nitrogens with zero attached hydrogens (tertiary/aromatic N) is 1. The van der Waals surface area contributed by atoms with Gasteiger partial charge in [-0.25, -0.2) is 8.78 Å². The molecule has 0 radical (unpaired) electrons. The number of halogens is 3. The van der Waals surface area contributed by atoms with Gasteiger partial charge in [0.1, 0.15) is 11.6 Å². The summed E-state index contributed by atoms with van der Waals surface area (Å²) in [6.07, 6.45) is 0.283. The first kappa shape index (κ1) is 15.4. The molecule has 7 heteroatoms. The highest BCUT2D eigenvalue weighted by Gasteiger charge is 2.32. The summed E-state index contributed by atoms with van der Waals surface area (Å²) < 4.78 is 26.9. The lowest BCUT2D eigenvalue weighted by molar-refractivity contribution is -0.117. The van der Waals surface area contributed by atoms with Gasteiger partial charge in [0.25, 0.3) is 0 Å². The summed E-state index contributed by atoms with van der Waals surface area (Å²) in [6, 6.07) is 1.89. The summed E-state index contributed by atoms with van der Waals surface area (Å²) in [5.74, 6) is -1.11. The van der Waals surface area contributed by atoms with Crippen LogP contribution in [0.5, 0.6) is 0 Å². The average Bonchev–Trinajstić information content (AvgIpc) is 2.72. The lowest BCUT2D eigenvalue weighted by atomic mass is 10.1. The molecule has 1 saturated heterocycles. The number of rotatable bonds is 3. The molecule has 0 N–H and O–H groups in total. The summed E-state index contributed by atoms with van der Waals surface area (Å²) in [5, 5.41) is -0.00567. The second-order valence-corrected chi connectivity index (χ2v) is 6.59. The van der Waals surface area contributed by atoms with Crippen LogP contribution in [-0.4, -0.2) is 23.3 Å².